The lowest BCUT2D eigenvalue weighted by Crippen LogP contribution is -2.54. The van der Waals surface area contributed by atoms with E-state index in [4.69, 9.17) is 11.6 Å². The van der Waals surface area contributed by atoms with E-state index in [0.717, 1.165) is 45.1 Å². The van der Waals surface area contributed by atoms with Crippen LogP contribution >= 0.6 is 27.5 Å². The number of nitrogens with zero attached hydrogens (tertiary/aromatic N) is 3. The number of ether oxygens (including phenoxy) is 1. The second-order valence-corrected chi connectivity index (χ2v) is 8.56. The average Bonchev–Trinajstić information content (AvgIpc) is 2.65. The average molecular weight is 500 g/mol. The molecule has 0 bridgehead atoms. The van der Waals surface area contributed by atoms with Crippen LogP contribution in [-0.2, 0) is 0 Å². The fourth-order valence-corrected chi connectivity index (χ4v) is 4.44. The summed E-state index contributed by atoms with van der Waals surface area (Å²) in [5.74, 6) is -0.468. The summed E-state index contributed by atoms with van der Waals surface area (Å²) < 4.78 is 41.6. The van der Waals surface area contributed by atoms with Crippen LogP contribution in [0.2, 0.25) is 5.02 Å². The number of nitrogens with one attached hydrogen (secondary N) is 1. The molecule has 1 aromatic carbocycles. The van der Waals surface area contributed by atoms with Gasteiger partial charge in [-0.3, -0.25) is 4.90 Å². The quantitative estimate of drug-likeness (QED) is 0.676. The first kappa shape index (κ1) is 22.5. The molecule has 2 fully saturated rings. The third-order valence-electron chi connectivity index (χ3n) is 5.29. The molecular weight excluding hydrogens is 477 g/mol. The largest absolute Gasteiger partial charge is 0.573 e. The molecule has 3 rings (SSSR count). The number of halogens is 5. The molecule has 0 saturated carbocycles. The lowest BCUT2D eigenvalue weighted by molar-refractivity contribution is -0.274. The maximum atomic E-state index is 12.6. The van der Waals surface area contributed by atoms with Crippen molar-refractivity contribution in [1.29, 1.82) is 0 Å². The highest BCUT2D eigenvalue weighted by Crippen LogP contribution is 2.37. The minimum absolute atomic E-state index is 0.0459. The van der Waals surface area contributed by atoms with Crippen LogP contribution in [-0.4, -0.2) is 79.5 Å². The molecule has 1 aromatic rings. The summed E-state index contributed by atoms with van der Waals surface area (Å²) in [6, 6.07) is 2.47. The van der Waals surface area contributed by atoms with Crippen molar-refractivity contribution in [2.45, 2.75) is 25.2 Å². The van der Waals surface area contributed by atoms with Gasteiger partial charge in [-0.2, -0.15) is 0 Å². The molecule has 29 heavy (non-hydrogen) atoms. The van der Waals surface area contributed by atoms with Gasteiger partial charge < -0.3 is 19.9 Å². The van der Waals surface area contributed by atoms with E-state index >= 15 is 0 Å². The zero-order chi connectivity index (χ0) is 21.2. The van der Waals surface area contributed by atoms with Crippen molar-refractivity contribution in [3.05, 3.63) is 21.6 Å². The van der Waals surface area contributed by atoms with Crippen LogP contribution < -0.4 is 10.1 Å². The number of anilines is 1. The third-order valence-corrected chi connectivity index (χ3v) is 6.23. The molecule has 2 heterocycles. The predicted octanol–water partition coefficient (Wildman–Crippen LogP) is 4.24. The number of rotatable bonds is 3. The summed E-state index contributed by atoms with van der Waals surface area (Å²) in [4.78, 5) is 19.0. The number of urea groups is 1. The summed E-state index contributed by atoms with van der Waals surface area (Å²) in [6.07, 6.45) is -2.60. The zero-order valence-electron chi connectivity index (χ0n) is 15.9. The molecule has 6 nitrogen and oxygen atoms in total. The van der Waals surface area contributed by atoms with E-state index < -0.39 is 18.1 Å². The van der Waals surface area contributed by atoms with Gasteiger partial charge in [0.25, 0.3) is 0 Å². The summed E-state index contributed by atoms with van der Waals surface area (Å²) >= 11 is 9.06. The van der Waals surface area contributed by atoms with Gasteiger partial charge in [0.1, 0.15) is 5.75 Å². The monoisotopic (exact) mass is 498 g/mol. The smallest absolute Gasteiger partial charge is 0.405 e. The van der Waals surface area contributed by atoms with Crippen molar-refractivity contribution in [2.75, 3.05) is 51.6 Å². The lowest BCUT2D eigenvalue weighted by atomic mass is 10.0. The van der Waals surface area contributed by atoms with Gasteiger partial charge in [0.2, 0.25) is 0 Å². The van der Waals surface area contributed by atoms with E-state index in [9.17, 15) is 18.0 Å². The Morgan fingerprint density at radius 3 is 2.38 bits per heavy atom. The Labute approximate surface area is 181 Å². The predicted molar refractivity (Wildman–Crippen MR) is 109 cm³/mol. The molecular formula is C18H23BrClF3N4O2. The van der Waals surface area contributed by atoms with Crippen molar-refractivity contribution in [2.24, 2.45) is 0 Å². The van der Waals surface area contributed by atoms with Crippen LogP contribution in [0.25, 0.3) is 0 Å². The van der Waals surface area contributed by atoms with Crippen molar-refractivity contribution in [1.82, 2.24) is 14.7 Å². The maximum absolute atomic E-state index is 12.6. The molecule has 11 heteroatoms. The van der Waals surface area contributed by atoms with Crippen LogP contribution in [0.5, 0.6) is 5.75 Å². The molecule has 0 atom stereocenters. The van der Waals surface area contributed by atoms with E-state index in [-0.39, 0.29) is 15.2 Å². The Hall–Kier alpha value is -1.23. The van der Waals surface area contributed by atoms with Gasteiger partial charge in [-0.1, -0.05) is 11.6 Å². The molecule has 2 saturated heterocycles. The summed E-state index contributed by atoms with van der Waals surface area (Å²) in [5, 5.41) is 2.71. The van der Waals surface area contributed by atoms with Crippen molar-refractivity contribution >= 4 is 39.2 Å². The first-order chi connectivity index (χ1) is 13.6. The number of alkyl halides is 3. The molecule has 0 radical (unpaired) electrons. The minimum Gasteiger partial charge on any atom is -0.405 e. The van der Waals surface area contributed by atoms with Crippen LogP contribution in [0.3, 0.4) is 0 Å². The van der Waals surface area contributed by atoms with Crippen molar-refractivity contribution < 1.29 is 22.7 Å². The number of amides is 2. The summed E-state index contributed by atoms with van der Waals surface area (Å²) in [6.45, 7) is 4.82. The van der Waals surface area contributed by atoms with Gasteiger partial charge in [-0.25, -0.2) is 4.79 Å². The molecule has 0 unspecified atom stereocenters. The van der Waals surface area contributed by atoms with Gasteiger partial charge in [-0.15, -0.1) is 13.2 Å². The van der Waals surface area contributed by atoms with Gasteiger partial charge in [0.05, 0.1) is 15.2 Å². The van der Waals surface area contributed by atoms with Crippen LogP contribution in [0, 0.1) is 0 Å². The van der Waals surface area contributed by atoms with E-state index in [1.807, 2.05) is 0 Å². The van der Waals surface area contributed by atoms with E-state index in [1.165, 1.54) is 6.07 Å². The first-order valence-electron chi connectivity index (χ1n) is 9.35. The van der Waals surface area contributed by atoms with E-state index in [0.29, 0.717) is 19.1 Å². The number of likely N-dealkylation sites (tertiary alicyclic amines) is 1. The number of piperidine rings is 1. The maximum Gasteiger partial charge on any atom is 0.573 e. The van der Waals surface area contributed by atoms with E-state index in [2.05, 4.69) is 42.8 Å². The molecule has 2 amide bonds. The Balaban J connectivity index is 1.57. The summed E-state index contributed by atoms with van der Waals surface area (Å²) in [7, 11) is 2.12. The number of benzene rings is 1. The number of hydrogen-bond donors (Lipinski definition) is 1. The topological polar surface area (TPSA) is 48.0 Å². The van der Waals surface area contributed by atoms with Crippen LogP contribution in [0.1, 0.15) is 12.8 Å². The lowest BCUT2D eigenvalue weighted by Gasteiger charge is -2.42. The second-order valence-electron chi connectivity index (χ2n) is 7.30. The summed E-state index contributed by atoms with van der Waals surface area (Å²) in [5.41, 5.74) is 0.0665. The number of carbonyl (C=O) groups is 1. The van der Waals surface area contributed by atoms with E-state index in [1.54, 1.807) is 4.90 Å². The first-order valence-corrected chi connectivity index (χ1v) is 10.5. The highest BCUT2D eigenvalue weighted by atomic mass is 79.9. The fraction of sp³-hybridized carbons (Fsp3) is 0.611. The van der Waals surface area contributed by atoms with Crippen molar-refractivity contribution in [3.8, 4) is 5.75 Å². The molecule has 162 valence electrons. The van der Waals surface area contributed by atoms with Gasteiger partial charge in [0.15, 0.2) is 0 Å². The molecule has 0 aromatic heterocycles. The molecule has 2 aliphatic rings. The normalized spacial score (nSPS) is 20.0. The molecule has 2 aliphatic heterocycles. The highest BCUT2D eigenvalue weighted by molar-refractivity contribution is 9.10. The Morgan fingerprint density at radius 1 is 1.17 bits per heavy atom. The molecule has 1 N–H and O–H groups in total. The van der Waals surface area contributed by atoms with Gasteiger partial charge in [0, 0.05) is 38.3 Å². The molecule has 0 aliphatic carbocycles. The van der Waals surface area contributed by atoms with Crippen LogP contribution in [0.4, 0.5) is 23.7 Å². The Morgan fingerprint density at radius 2 is 1.79 bits per heavy atom. The third kappa shape index (κ3) is 6.13. The SMILES string of the molecule is CN1CCC(N2CCN(C(=O)Nc3cc(OC(F)(F)F)c(Br)cc3Cl)CC2)CC1. The number of hydrogen-bond acceptors (Lipinski definition) is 4. The second kappa shape index (κ2) is 9.28. The van der Waals surface area contributed by atoms with Crippen LogP contribution in [0.15, 0.2) is 16.6 Å². The van der Waals surface area contributed by atoms with Gasteiger partial charge >= 0.3 is 12.4 Å². The Bertz CT molecular complexity index is 737. The van der Waals surface area contributed by atoms with Gasteiger partial charge in [-0.05, 0) is 55.0 Å². The minimum atomic E-state index is -4.85. The molecule has 0 spiro atoms. The highest BCUT2D eigenvalue weighted by Gasteiger charge is 2.33. The van der Waals surface area contributed by atoms with Crippen molar-refractivity contribution in [3.63, 3.8) is 0 Å². The number of carbonyl (C=O) groups excluding carboxylic acids is 1. The number of piperazine rings is 1. The zero-order valence-corrected chi connectivity index (χ0v) is 18.3. The standard InChI is InChI=1S/C18H23BrClF3N4O2/c1-25-4-2-12(3-5-25)26-6-8-27(9-7-26)17(28)24-15-11-16(29-18(21,22)23)13(19)10-14(15)20/h10-12H,2-9H2,1H3,(H,24,28). The Kier molecular flexibility index (Phi) is 7.19. The fourth-order valence-electron chi connectivity index (χ4n) is 3.67.